The fourth-order valence-corrected chi connectivity index (χ4v) is 2.51. The van der Waals surface area contributed by atoms with Crippen LogP contribution in [0.4, 0.5) is 5.69 Å². The van der Waals surface area contributed by atoms with Gasteiger partial charge in [0.25, 0.3) is 0 Å². The summed E-state index contributed by atoms with van der Waals surface area (Å²) in [7, 11) is 2.10. The van der Waals surface area contributed by atoms with Crippen molar-refractivity contribution < 1.29 is 5.11 Å². The number of nitrogens with zero attached hydrogens (tertiary/aromatic N) is 2. The molecule has 0 aliphatic carbocycles. The van der Waals surface area contributed by atoms with E-state index in [-0.39, 0.29) is 12.6 Å². The van der Waals surface area contributed by atoms with Crippen molar-refractivity contribution in [1.29, 1.82) is 0 Å². The summed E-state index contributed by atoms with van der Waals surface area (Å²) in [5, 5.41) is 9.45. The second-order valence-corrected chi connectivity index (χ2v) is 4.90. The Morgan fingerprint density at radius 3 is 2.76 bits per heavy atom. The Balaban J connectivity index is 2.18. The average molecular weight is 234 g/mol. The molecule has 3 nitrogen and oxygen atoms in total. The summed E-state index contributed by atoms with van der Waals surface area (Å²) in [6, 6.07) is 8.74. The molecule has 0 amide bonds. The highest BCUT2D eigenvalue weighted by molar-refractivity contribution is 5.53. The molecule has 1 aromatic rings. The molecule has 1 heterocycles. The summed E-state index contributed by atoms with van der Waals surface area (Å²) in [5.41, 5.74) is 2.62. The highest BCUT2D eigenvalue weighted by Crippen LogP contribution is 2.22. The zero-order valence-electron chi connectivity index (χ0n) is 10.8. The smallest absolute Gasteiger partial charge is 0.0603 e. The van der Waals surface area contributed by atoms with E-state index >= 15 is 0 Å². The van der Waals surface area contributed by atoms with E-state index in [1.807, 2.05) is 0 Å². The minimum Gasteiger partial charge on any atom is -0.395 e. The molecule has 1 atom stereocenters. The van der Waals surface area contributed by atoms with E-state index in [0.717, 1.165) is 26.1 Å². The molecule has 94 valence electrons. The zero-order valence-corrected chi connectivity index (χ0v) is 10.8. The SMILES string of the molecule is Cc1ccccc1N1CCCN(C)C(CO)C1. The first-order chi connectivity index (χ1) is 8.22. The van der Waals surface area contributed by atoms with Gasteiger partial charge in [0.2, 0.25) is 0 Å². The molecule has 0 aromatic heterocycles. The average Bonchev–Trinajstić information content (AvgIpc) is 2.51. The van der Waals surface area contributed by atoms with Crippen LogP contribution < -0.4 is 4.90 Å². The Morgan fingerprint density at radius 1 is 1.29 bits per heavy atom. The molecule has 0 bridgehead atoms. The summed E-state index contributed by atoms with van der Waals surface area (Å²) >= 11 is 0. The highest BCUT2D eigenvalue weighted by atomic mass is 16.3. The molecule has 0 radical (unpaired) electrons. The molecule has 0 spiro atoms. The quantitative estimate of drug-likeness (QED) is 0.840. The number of aryl methyl sites for hydroxylation is 1. The van der Waals surface area contributed by atoms with Crippen LogP contribution in [0.1, 0.15) is 12.0 Å². The van der Waals surface area contributed by atoms with Crippen molar-refractivity contribution in [2.45, 2.75) is 19.4 Å². The lowest BCUT2D eigenvalue weighted by atomic mass is 10.1. The number of benzene rings is 1. The van der Waals surface area contributed by atoms with Gasteiger partial charge in [-0.2, -0.15) is 0 Å². The third kappa shape index (κ3) is 2.79. The lowest BCUT2D eigenvalue weighted by Crippen LogP contribution is -2.41. The molecule has 2 rings (SSSR count). The van der Waals surface area contributed by atoms with Gasteiger partial charge in [-0.25, -0.2) is 0 Å². The minimum atomic E-state index is 0.235. The topological polar surface area (TPSA) is 26.7 Å². The fourth-order valence-electron chi connectivity index (χ4n) is 2.51. The van der Waals surface area contributed by atoms with Gasteiger partial charge in [0.05, 0.1) is 6.61 Å². The second-order valence-electron chi connectivity index (χ2n) is 4.90. The maximum Gasteiger partial charge on any atom is 0.0603 e. The van der Waals surface area contributed by atoms with Gasteiger partial charge in [0.15, 0.2) is 0 Å². The second kappa shape index (κ2) is 5.52. The molecule has 1 aromatic carbocycles. The summed E-state index contributed by atoms with van der Waals surface area (Å²) in [6.07, 6.45) is 1.15. The van der Waals surface area contributed by atoms with E-state index in [4.69, 9.17) is 0 Å². The first-order valence-corrected chi connectivity index (χ1v) is 6.34. The van der Waals surface area contributed by atoms with Gasteiger partial charge in [-0.15, -0.1) is 0 Å². The molecule has 1 fully saturated rings. The maximum atomic E-state index is 9.45. The van der Waals surface area contributed by atoms with E-state index in [2.05, 4.69) is 48.0 Å². The number of anilines is 1. The van der Waals surface area contributed by atoms with Crippen LogP contribution in [0.25, 0.3) is 0 Å². The molecule has 3 heteroatoms. The van der Waals surface area contributed by atoms with Gasteiger partial charge in [-0.3, -0.25) is 4.90 Å². The third-order valence-electron chi connectivity index (χ3n) is 3.66. The summed E-state index contributed by atoms with van der Waals surface area (Å²) in [6.45, 7) is 5.44. The van der Waals surface area contributed by atoms with Crippen LogP contribution in [0, 0.1) is 6.92 Å². The van der Waals surface area contributed by atoms with Gasteiger partial charge < -0.3 is 10.0 Å². The maximum absolute atomic E-state index is 9.45. The van der Waals surface area contributed by atoms with Crippen LogP contribution in [0.3, 0.4) is 0 Å². The molecule has 1 N–H and O–H groups in total. The zero-order chi connectivity index (χ0) is 12.3. The van der Waals surface area contributed by atoms with E-state index in [1.54, 1.807) is 0 Å². The van der Waals surface area contributed by atoms with E-state index in [9.17, 15) is 5.11 Å². The molecular weight excluding hydrogens is 212 g/mol. The number of aliphatic hydroxyl groups is 1. The monoisotopic (exact) mass is 234 g/mol. The Hall–Kier alpha value is -1.06. The van der Waals surface area contributed by atoms with Crippen LogP contribution in [0.2, 0.25) is 0 Å². The van der Waals surface area contributed by atoms with Crippen molar-refractivity contribution in [3.8, 4) is 0 Å². The van der Waals surface area contributed by atoms with E-state index in [0.29, 0.717) is 0 Å². The van der Waals surface area contributed by atoms with E-state index in [1.165, 1.54) is 11.3 Å². The normalized spacial score (nSPS) is 22.5. The number of aliphatic hydroxyl groups excluding tert-OH is 1. The van der Waals surface area contributed by atoms with Crippen molar-refractivity contribution in [1.82, 2.24) is 4.90 Å². The van der Waals surface area contributed by atoms with Gasteiger partial charge in [-0.05, 0) is 38.6 Å². The Morgan fingerprint density at radius 2 is 2.06 bits per heavy atom. The molecule has 1 unspecified atom stereocenters. The number of likely N-dealkylation sites (N-methyl/N-ethyl adjacent to an activating group) is 1. The molecule has 17 heavy (non-hydrogen) atoms. The minimum absolute atomic E-state index is 0.235. The van der Waals surface area contributed by atoms with Crippen molar-refractivity contribution in [3.05, 3.63) is 29.8 Å². The predicted octanol–water partition coefficient (Wildman–Crippen LogP) is 1.50. The van der Waals surface area contributed by atoms with Gasteiger partial charge in [-0.1, -0.05) is 18.2 Å². The molecule has 0 saturated carbocycles. The number of rotatable bonds is 2. The predicted molar refractivity (Wildman–Crippen MR) is 71.5 cm³/mol. The Labute approximate surface area is 104 Å². The Kier molecular flexibility index (Phi) is 4.02. The van der Waals surface area contributed by atoms with Crippen molar-refractivity contribution in [3.63, 3.8) is 0 Å². The van der Waals surface area contributed by atoms with Crippen LogP contribution in [0.5, 0.6) is 0 Å². The van der Waals surface area contributed by atoms with Crippen LogP contribution >= 0.6 is 0 Å². The van der Waals surface area contributed by atoms with Crippen molar-refractivity contribution >= 4 is 5.69 Å². The summed E-state index contributed by atoms with van der Waals surface area (Å²) in [5.74, 6) is 0. The lowest BCUT2D eigenvalue weighted by molar-refractivity contribution is 0.159. The number of hydrogen-bond donors (Lipinski definition) is 1. The van der Waals surface area contributed by atoms with Crippen LogP contribution in [0.15, 0.2) is 24.3 Å². The lowest BCUT2D eigenvalue weighted by Gasteiger charge is -2.29. The van der Waals surface area contributed by atoms with Crippen LogP contribution in [-0.4, -0.2) is 49.3 Å². The van der Waals surface area contributed by atoms with Crippen LogP contribution in [-0.2, 0) is 0 Å². The third-order valence-corrected chi connectivity index (χ3v) is 3.66. The summed E-state index contributed by atoms with van der Waals surface area (Å²) < 4.78 is 0. The largest absolute Gasteiger partial charge is 0.395 e. The van der Waals surface area contributed by atoms with Crippen molar-refractivity contribution in [2.75, 3.05) is 38.2 Å². The van der Waals surface area contributed by atoms with Gasteiger partial charge in [0, 0.05) is 24.8 Å². The Bertz CT molecular complexity index is 367. The number of para-hydroxylation sites is 1. The van der Waals surface area contributed by atoms with E-state index < -0.39 is 0 Å². The first-order valence-electron chi connectivity index (χ1n) is 6.34. The van der Waals surface area contributed by atoms with Gasteiger partial charge >= 0.3 is 0 Å². The molecule has 1 aliphatic rings. The molecule has 1 aliphatic heterocycles. The molecular formula is C14H22N2O. The molecule has 1 saturated heterocycles. The number of hydrogen-bond acceptors (Lipinski definition) is 3. The van der Waals surface area contributed by atoms with Crippen molar-refractivity contribution in [2.24, 2.45) is 0 Å². The fraction of sp³-hybridized carbons (Fsp3) is 0.571. The first kappa shape index (κ1) is 12.4. The van der Waals surface area contributed by atoms with Gasteiger partial charge in [0.1, 0.15) is 0 Å². The summed E-state index contributed by atoms with van der Waals surface area (Å²) in [4.78, 5) is 4.66. The highest BCUT2D eigenvalue weighted by Gasteiger charge is 2.22. The standard InChI is InChI=1S/C14H22N2O/c1-12-6-3-4-7-14(12)16-9-5-8-15(2)13(10-16)11-17/h3-4,6-7,13,17H,5,8-11H2,1-2H3.